The van der Waals surface area contributed by atoms with Crippen LogP contribution >= 0.6 is 15.9 Å². The molecule has 0 aliphatic heterocycles. The smallest absolute Gasteiger partial charge is 0.0604 e. The minimum Gasteiger partial charge on any atom is -0.395 e. The van der Waals surface area contributed by atoms with Crippen LogP contribution in [-0.4, -0.2) is 23.2 Å². The van der Waals surface area contributed by atoms with E-state index in [9.17, 15) is 0 Å². The van der Waals surface area contributed by atoms with Gasteiger partial charge in [-0.3, -0.25) is 4.98 Å². The molecule has 1 aromatic heterocycles. The van der Waals surface area contributed by atoms with Gasteiger partial charge in [-0.1, -0.05) is 0 Å². The summed E-state index contributed by atoms with van der Waals surface area (Å²) in [6.07, 6.45) is 3.42. The molecule has 0 bridgehead atoms. The van der Waals surface area contributed by atoms with Gasteiger partial charge in [-0.25, -0.2) is 0 Å². The first-order chi connectivity index (χ1) is 5.33. The highest BCUT2D eigenvalue weighted by Crippen LogP contribution is 2.12. The molecule has 0 atom stereocenters. The van der Waals surface area contributed by atoms with E-state index in [4.69, 9.17) is 5.11 Å². The maximum absolute atomic E-state index is 8.50. The standard InChI is InChI=1S/C7H9BrN2O/c8-6-3-7(5-9-4-6)10-1-2-11/h3-5,10-11H,1-2H2. The number of pyridine rings is 1. The third-order valence-electron chi connectivity index (χ3n) is 1.15. The molecule has 0 radical (unpaired) electrons. The highest BCUT2D eigenvalue weighted by Gasteiger charge is 1.91. The minimum atomic E-state index is 0.131. The van der Waals surface area contributed by atoms with Crippen LogP contribution in [0.5, 0.6) is 0 Å². The lowest BCUT2D eigenvalue weighted by Crippen LogP contribution is -2.05. The number of nitrogens with zero attached hydrogens (tertiary/aromatic N) is 1. The number of aliphatic hydroxyl groups is 1. The summed E-state index contributed by atoms with van der Waals surface area (Å²) in [6.45, 7) is 0.685. The molecule has 0 aliphatic rings. The number of aromatic nitrogens is 1. The molecule has 1 aromatic rings. The Kier molecular flexibility index (Phi) is 3.32. The van der Waals surface area contributed by atoms with E-state index in [-0.39, 0.29) is 6.61 Å². The zero-order valence-corrected chi connectivity index (χ0v) is 7.50. The van der Waals surface area contributed by atoms with Crippen molar-refractivity contribution in [3.8, 4) is 0 Å². The van der Waals surface area contributed by atoms with Gasteiger partial charge in [0.25, 0.3) is 0 Å². The number of anilines is 1. The van der Waals surface area contributed by atoms with Gasteiger partial charge in [0.15, 0.2) is 0 Å². The highest BCUT2D eigenvalue weighted by molar-refractivity contribution is 9.10. The van der Waals surface area contributed by atoms with Crippen molar-refractivity contribution < 1.29 is 5.11 Å². The zero-order chi connectivity index (χ0) is 8.10. The van der Waals surface area contributed by atoms with Gasteiger partial charge in [-0.15, -0.1) is 0 Å². The van der Waals surface area contributed by atoms with Crippen molar-refractivity contribution in [3.05, 3.63) is 22.9 Å². The van der Waals surface area contributed by atoms with Gasteiger partial charge in [-0.2, -0.15) is 0 Å². The van der Waals surface area contributed by atoms with Crippen LogP contribution in [0, 0.1) is 0 Å². The van der Waals surface area contributed by atoms with Gasteiger partial charge < -0.3 is 10.4 Å². The molecule has 60 valence electrons. The maximum atomic E-state index is 8.50. The monoisotopic (exact) mass is 216 g/mol. The molecule has 0 saturated carbocycles. The van der Waals surface area contributed by atoms with Crippen molar-refractivity contribution in [1.29, 1.82) is 0 Å². The lowest BCUT2D eigenvalue weighted by Gasteiger charge is -2.02. The molecule has 0 aromatic carbocycles. The summed E-state index contributed by atoms with van der Waals surface area (Å²) in [5, 5.41) is 11.5. The molecular formula is C7H9BrN2O. The number of aliphatic hydroxyl groups excluding tert-OH is 1. The van der Waals surface area contributed by atoms with Gasteiger partial charge in [0.2, 0.25) is 0 Å². The Morgan fingerprint density at radius 1 is 1.55 bits per heavy atom. The van der Waals surface area contributed by atoms with E-state index < -0.39 is 0 Å². The van der Waals surface area contributed by atoms with E-state index in [0.29, 0.717) is 6.54 Å². The van der Waals surface area contributed by atoms with Gasteiger partial charge in [0.05, 0.1) is 18.5 Å². The van der Waals surface area contributed by atoms with Gasteiger partial charge in [0.1, 0.15) is 0 Å². The van der Waals surface area contributed by atoms with E-state index in [2.05, 4.69) is 26.2 Å². The Balaban J connectivity index is 2.56. The minimum absolute atomic E-state index is 0.131. The average Bonchev–Trinajstić information content (AvgIpc) is 2.01. The molecule has 1 rings (SSSR count). The molecule has 4 heteroatoms. The first-order valence-electron chi connectivity index (χ1n) is 3.28. The van der Waals surface area contributed by atoms with Crippen molar-refractivity contribution in [1.82, 2.24) is 4.98 Å². The lowest BCUT2D eigenvalue weighted by atomic mass is 10.4. The number of halogens is 1. The SMILES string of the molecule is OCCNc1cncc(Br)c1. The number of hydrogen-bond donors (Lipinski definition) is 2. The maximum Gasteiger partial charge on any atom is 0.0604 e. The molecule has 0 unspecified atom stereocenters. The van der Waals surface area contributed by atoms with Crippen LogP contribution in [0.15, 0.2) is 22.9 Å². The van der Waals surface area contributed by atoms with Crippen molar-refractivity contribution in [2.24, 2.45) is 0 Å². The van der Waals surface area contributed by atoms with Crippen molar-refractivity contribution in [2.75, 3.05) is 18.5 Å². The molecule has 2 N–H and O–H groups in total. The third-order valence-corrected chi connectivity index (χ3v) is 1.58. The van der Waals surface area contributed by atoms with Crippen LogP contribution in [-0.2, 0) is 0 Å². The largest absolute Gasteiger partial charge is 0.395 e. The Hall–Kier alpha value is -0.610. The van der Waals surface area contributed by atoms with E-state index in [1.807, 2.05) is 6.07 Å². The van der Waals surface area contributed by atoms with Crippen LogP contribution in [0.4, 0.5) is 5.69 Å². The second-order valence-corrected chi connectivity index (χ2v) is 2.96. The van der Waals surface area contributed by atoms with Crippen LogP contribution in [0.3, 0.4) is 0 Å². The summed E-state index contributed by atoms with van der Waals surface area (Å²) in [4.78, 5) is 3.95. The number of nitrogens with one attached hydrogen (secondary N) is 1. The molecule has 11 heavy (non-hydrogen) atoms. The summed E-state index contributed by atoms with van der Waals surface area (Å²) in [5.74, 6) is 0. The second kappa shape index (κ2) is 4.31. The predicted molar refractivity (Wildman–Crippen MR) is 47.5 cm³/mol. The topological polar surface area (TPSA) is 45.1 Å². The number of hydrogen-bond acceptors (Lipinski definition) is 3. The summed E-state index contributed by atoms with van der Waals surface area (Å²) >= 11 is 3.29. The van der Waals surface area contributed by atoms with E-state index in [0.717, 1.165) is 10.2 Å². The van der Waals surface area contributed by atoms with Crippen LogP contribution in [0.25, 0.3) is 0 Å². The van der Waals surface area contributed by atoms with Crippen LogP contribution < -0.4 is 5.32 Å². The Morgan fingerprint density at radius 3 is 3.00 bits per heavy atom. The lowest BCUT2D eigenvalue weighted by molar-refractivity contribution is 0.311. The first kappa shape index (κ1) is 8.49. The van der Waals surface area contributed by atoms with Crippen molar-refractivity contribution in [2.45, 2.75) is 0 Å². The summed E-state index contributed by atoms with van der Waals surface area (Å²) in [6, 6.07) is 1.91. The summed E-state index contributed by atoms with van der Waals surface area (Å²) in [7, 11) is 0. The predicted octanol–water partition coefficient (Wildman–Crippen LogP) is 1.25. The molecule has 3 nitrogen and oxygen atoms in total. The highest BCUT2D eigenvalue weighted by atomic mass is 79.9. The molecular weight excluding hydrogens is 208 g/mol. The van der Waals surface area contributed by atoms with Crippen molar-refractivity contribution >= 4 is 21.6 Å². The van der Waals surface area contributed by atoms with Crippen LogP contribution in [0.2, 0.25) is 0 Å². The fourth-order valence-corrected chi connectivity index (χ4v) is 1.07. The van der Waals surface area contributed by atoms with Gasteiger partial charge in [0, 0.05) is 17.2 Å². The third kappa shape index (κ3) is 2.86. The average molecular weight is 217 g/mol. The second-order valence-electron chi connectivity index (χ2n) is 2.04. The van der Waals surface area contributed by atoms with E-state index >= 15 is 0 Å². The quantitative estimate of drug-likeness (QED) is 0.800. The fourth-order valence-electron chi connectivity index (χ4n) is 0.709. The zero-order valence-electron chi connectivity index (χ0n) is 5.92. The van der Waals surface area contributed by atoms with E-state index in [1.165, 1.54) is 0 Å². The molecule has 0 aliphatic carbocycles. The molecule has 0 spiro atoms. The first-order valence-corrected chi connectivity index (χ1v) is 4.07. The normalized spacial score (nSPS) is 9.64. The Bertz CT molecular complexity index is 229. The fraction of sp³-hybridized carbons (Fsp3) is 0.286. The van der Waals surface area contributed by atoms with Crippen molar-refractivity contribution in [3.63, 3.8) is 0 Å². The molecule has 1 heterocycles. The summed E-state index contributed by atoms with van der Waals surface area (Å²) < 4.78 is 0.931. The number of rotatable bonds is 3. The molecule has 0 fully saturated rings. The van der Waals surface area contributed by atoms with Gasteiger partial charge in [-0.05, 0) is 22.0 Å². The Morgan fingerprint density at radius 2 is 2.36 bits per heavy atom. The van der Waals surface area contributed by atoms with Gasteiger partial charge >= 0.3 is 0 Å². The Labute approximate surface area is 73.6 Å². The summed E-state index contributed by atoms with van der Waals surface area (Å²) in [5.41, 5.74) is 0.911. The van der Waals surface area contributed by atoms with E-state index in [1.54, 1.807) is 12.4 Å². The van der Waals surface area contributed by atoms with Crippen LogP contribution in [0.1, 0.15) is 0 Å². The molecule has 0 amide bonds. The molecule has 0 saturated heterocycles.